The summed E-state index contributed by atoms with van der Waals surface area (Å²) in [6.07, 6.45) is 1.66. The molecule has 1 aliphatic heterocycles. The van der Waals surface area contributed by atoms with Crippen LogP contribution in [0.5, 0.6) is 0 Å². The summed E-state index contributed by atoms with van der Waals surface area (Å²) in [4.78, 5) is 15.7. The Kier molecular flexibility index (Phi) is 2.18. The van der Waals surface area contributed by atoms with Crippen LogP contribution < -0.4 is 5.73 Å². The van der Waals surface area contributed by atoms with Crippen LogP contribution in [0.25, 0.3) is 10.8 Å². The molecule has 2 aromatic rings. The van der Waals surface area contributed by atoms with E-state index < -0.39 is 5.92 Å². The maximum Gasteiger partial charge on any atom is 0.230 e. The third kappa shape index (κ3) is 1.51. The van der Waals surface area contributed by atoms with Gasteiger partial charge >= 0.3 is 0 Å². The van der Waals surface area contributed by atoms with Gasteiger partial charge in [0.05, 0.1) is 12.5 Å². The van der Waals surface area contributed by atoms with Crippen molar-refractivity contribution < 1.29 is 4.79 Å². The van der Waals surface area contributed by atoms with Crippen LogP contribution >= 0.6 is 0 Å². The first-order valence-corrected chi connectivity index (χ1v) is 5.57. The standard InChI is InChI=1S/C14H12N2O/c15-14(17)12-8-16-7-10-6-5-9-3-1-2-4-11(9)13(10)12/h1-6,8,12H,7H2,(H2,15,17). The van der Waals surface area contributed by atoms with Gasteiger partial charge in [0, 0.05) is 6.21 Å². The molecule has 17 heavy (non-hydrogen) atoms. The van der Waals surface area contributed by atoms with Crippen LogP contribution in [0.1, 0.15) is 17.0 Å². The maximum atomic E-state index is 11.5. The molecule has 3 rings (SSSR count). The molecule has 0 spiro atoms. The minimum absolute atomic E-state index is 0.342. The number of benzene rings is 2. The minimum Gasteiger partial charge on any atom is -0.369 e. The number of rotatable bonds is 1. The molecule has 1 unspecified atom stereocenters. The van der Waals surface area contributed by atoms with E-state index in [9.17, 15) is 4.79 Å². The Balaban J connectivity index is 2.34. The van der Waals surface area contributed by atoms with Gasteiger partial charge in [-0.25, -0.2) is 0 Å². The third-order valence-electron chi connectivity index (χ3n) is 3.19. The lowest BCUT2D eigenvalue weighted by Crippen LogP contribution is -2.25. The molecule has 1 amide bonds. The second-order valence-corrected chi connectivity index (χ2v) is 4.23. The van der Waals surface area contributed by atoms with E-state index in [1.54, 1.807) is 6.21 Å². The molecule has 0 bridgehead atoms. The first kappa shape index (κ1) is 10.0. The number of hydrogen-bond donors (Lipinski definition) is 1. The van der Waals surface area contributed by atoms with Crippen LogP contribution in [-0.2, 0) is 11.3 Å². The largest absolute Gasteiger partial charge is 0.369 e. The summed E-state index contributed by atoms with van der Waals surface area (Å²) in [6, 6.07) is 12.1. The summed E-state index contributed by atoms with van der Waals surface area (Å²) in [6.45, 7) is 0.629. The van der Waals surface area contributed by atoms with Gasteiger partial charge in [-0.1, -0.05) is 36.4 Å². The van der Waals surface area contributed by atoms with Gasteiger partial charge in [-0.05, 0) is 21.9 Å². The van der Waals surface area contributed by atoms with Crippen molar-refractivity contribution in [3.63, 3.8) is 0 Å². The van der Waals surface area contributed by atoms with Crippen molar-refractivity contribution in [2.24, 2.45) is 10.7 Å². The zero-order valence-electron chi connectivity index (χ0n) is 9.26. The normalized spacial score (nSPS) is 18.0. The van der Waals surface area contributed by atoms with Crippen LogP contribution in [0, 0.1) is 0 Å². The van der Waals surface area contributed by atoms with Crippen LogP contribution in [-0.4, -0.2) is 12.1 Å². The van der Waals surface area contributed by atoms with Crippen molar-refractivity contribution in [2.75, 3.05) is 0 Å². The van der Waals surface area contributed by atoms with Gasteiger partial charge in [-0.3, -0.25) is 9.79 Å². The van der Waals surface area contributed by atoms with Gasteiger partial charge in [0.2, 0.25) is 5.91 Å². The summed E-state index contributed by atoms with van der Waals surface area (Å²) in [5.41, 5.74) is 7.55. The fraction of sp³-hybridized carbons (Fsp3) is 0.143. The maximum absolute atomic E-state index is 11.5. The van der Waals surface area contributed by atoms with E-state index in [1.807, 2.05) is 30.3 Å². The van der Waals surface area contributed by atoms with Gasteiger partial charge in [0.25, 0.3) is 0 Å². The van der Waals surface area contributed by atoms with Crippen molar-refractivity contribution >= 4 is 22.9 Å². The van der Waals surface area contributed by atoms with E-state index in [1.165, 1.54) is 0 Å². The van der Waals surface area contributed by atoms with Crippen molar-refractivity contribution in [1.82, 2.24) is 0 Å². The quantitative estimate of drug-likeness (QED) is 0.791. The Morgan fingerprint density at radius 2 is 2.06 bits per heavy atom. The molecule has 2 aromatic carbocycles. The summed E-state index contributed by atoms with van der Waals surface area (Å²) in [7, 11) is 0. The molecule has 0 saturated carbocycles. The van der Waals surface area contributed by atoms with Gasteiger partial charge < -0.3 is 5.73 Å². The van der Waals surface area contributed by atoms with E-state index in [2.05, 4.69) is 11.1 Å². The Labute approximate surface area is 99.0 Å². The lowest BCUT2D eigenvalue weighted by atomic mass is 9.87. The highest BCUT2D eigenvalue weighted by atomic mass is 16.1. The molecule has 3 nitrogen and oxygen atoms in total. The Bertz CT molecular complexity index is 631. The van der Waals surface area contributed by atoms with E-state index in [0.29, 0.717) is 6.54 Å². The lowest BCUT2D eigenvalue weighted by molar-refractivity contribution is -0.118. The number of carbonyl (C=O) groups is 1. The highest BCUT2D eigenvalue weighted by Crippen LogP contribution is 2.31. The number of hydrogen-bond acceptors (Lipinski definition) is 2. The Hall–Kier alpha value is -2.16. The van der Waals surface area contributed by atoms with Crippen molar-refractivity contribution in [3.05, 3.63) is 47.5 Å². The number of aliphatic imine (C=N–C) groups is 1. The summed E-state index contributed by atoms with van der Waals surface area (Å²) in [5.74, 6) is -0.740. The minimum atomic E-state index is -0.398. The molecule has 1 heterocycles. The highest BCUT2D eigenvalue weighted by molar-refractivity contribution is 6.04. The van der Waals surface area contributed by atoms with Crippen LogP contribution in [0.4, 0.5) is 0 Å². The number of amides is 1. The van der Waals surface area contributed by atoms with Crippen LogP contribution in [0.3, 0.4) is 0 Å². The molecule has 0 saturated heterocycles. The zero-order chi connectivity index (χ0) is 11.8. The van der Waals surface area contributed by atoms with E-state index in [-0.39, 0.29) is 5.91 Å². The average molecular weight is 224 g/mol. The number of nitrogens with two attached hydrogens (primary N) is 1. The number of nitrogens with zero attached hydrogens (tertiary/aromatic N) is 1. The number of carbonyl (C=O) groups excluding carboxylic acids is 1. The molecule has 0 aliphatic carbocycles. The molecule has 1 aliphatic rings. The molecule has 2 N–H and O–H groups in total. The average Bonchev–Trinajstić information content (AvgIpc) is 2.37. The van der Waals surface area contributed by atoms with Crippen LogP contribution in [0.2, 0.25) is 0 Å². The van der Waals surface area contributed by atoms with E-state index >= 15 is 0 Å². The van der Waals surface area contributed by atoms with Crippen molar-refractivity contribution in [3.8, 4) is 0 Å². The molecular weight excluding hydrogens is 212 g/mol. The predicted molar refractivity (Wildman–Crippen MR) is 68.1 cm³/mol. The number of primary amides is 1. The zero-order valence-corrected chi connectivity index (χ0v) is 9.26. The van der Waals surface area contributed by atoms with Gasteiger partial charge in [0.15, 0.2) is 0 Å². The smallest absolute Gasteiger partial charge is 0.230 e. The second kappa shape index (κ2) is 3.70. The molecule has 0 fully saturated rings. The Morgan fingerprint density at radius 1 is 1.24 bits per heavy atom. The van der Waals surface area contributed by atoms with Gasteiger partial charge in [-0.2, -0.15) is 0 Å². The lowest BCUT2D eigenvalue weighted by Gasteiger charge is -2.19. The van der Waals surface area contributed by atoms with Crippen molar-refractivity contribution in [1.29, 1.82) is 0 Å². The first-order valence-electron chi connectivity index (χ1n) is 5.57. The van der Waals surface area contributed by atoms with Crippen molar-refractivity contribution in [2.45, 2.75) is 12.5 Å². The summed E-state index contributed by atoms with van der Waals surface area (Å²) in [5, 5.41) is 2.23. The fourth-order valence-electron chi connectivity index (χ4n) is 2.39. The number of fused-ring (bicyclic) bond motifs is 3. The van der Waals surface area contributed by atoms with Crippen LogP contribution in [0.15, 0.2) is 41.4 Å². The molecule has 1 atom stereocenters. The third-order valence-corrected chi connectivity index (χ3v) is 3.19. The molecule has 84 valence electrons. The topological polar surface area (TPSA) is 55.5 Å². The monoisotopic (exact) mass is 224 g/mol. The summed E-state index contributed by atoms with van der Waals surface area (Å²) >= 11 is 0. The second-order valence-electron chi connectivity index (χ2n) is 4.23. The van der Waals surface area contributed by atoms with E-state index in [4.69, 9.17) is 5.73 Å². The highest BCUT2D eigenvalue weighted by Gasteiger charge is 2.23. The fourth-order valence-corrected chi connectivity index (χ4v) is 2.39. The van der Waals surface area contributed by atoms with Gasteiger partial charge in [-0.15, -0.1) is 0 Å². The molecular formula is C14H12N2O. The molecule has 3 heteroatoms. The molecule has 0 radical (unpaired) electrons. The SMILES string of the molecule is NC(=O)C1C=NCc2ccc3ccccc3c21. The Morgan fingerprint density at radius 3 is 2.88 bits per heavy atom. The van der Waals surface area contributed by atoms with E-state index in [0.717, 1.165) is 21.9 Å². The van der Waals surface area contributed by atoms with Gasteiger partial charge in [0.1, 0.15) is 0 Å². The molecule has 0 aromatic heterocycles. The first-order chi connectivity index (χ1) is 8.27. The predicted octanol–water partition coefficient (Wildman–Crippen LogP) is 1.99. The summed E-state index contributed by atoms with van der Waals surface area (Å²) < 4.78 is 0.